The van der Waals surface area contributed by atoms with Crippen LogP contribution in [0.1, 0.15) is 0 Å². The first-order valence-corrected chi connectivity index (χ1v) is 7.83. The summed E-state index contributed by atoms with van der Waals surface area (Å²) in [6.45, 7) is 0. The van der Waals surface area contributed by atoms with Crippen molar-refractivity contribution in [2.75, 3.05) is 0 Å². The second kappa shape index (κ2) is 4.23. The Labute approximate surface area is 122 Å². The molecule has 0 saturated carbocycles. The van der Waals surface area contributed by atoms with Crippen LogP contribution in [0.4, 0.5) is 0 Å². The Kier molecular flexibility index (Phi) is 2.51. The summed E-state index contributed by atoms with van der Waals surface area (Å²) < 4.78 is 5.31. The van der Waals surface area contributed by atoms with Crippen LogP contribution in [0.3, 0.4) is 0 Å². The quantitative estimate of drug-likeness (QED) is 0.459. The first-order valence-electron chi connectivity index (χ1n) is 5.79. The molecule has 0 spiro atoms. The summed E-state index contributed by atoms with van der Waals surface area (Å²) in [5.41, 5.74) is 2.16. The summed E-state index contributed by atoms with van der Waals surface area (Å²) in [7, 11) is 0. The summed E-state index contributed by atoms with van der Waals surface area (Å²) >= 11 is 8.79. The van der Waals surface area contributed by atoms with Gasteiger partial charge in [0.25, 0.3) is 0 Å². The van der Waals surface area contributed by atoms with Gasteiger partial charge in [0.15, 0.2) is 9.09 Å². The van der Waals surface area contributed by atoms with Gasteiger partial charge < -0.3 is 0 Å². The van der Waals surface area contributed by atoms with Gasteiger partial charge in [-0.1, -0.05) is 35.6 Å². The molecule has 0 unspecified atom stereocenters. The highest BCUT2D eigenvalue weighted by molar-refractivity contribution is 7.73. The van der Waals surface area contributed by atoms with Gasteiger partial charge in [0.05, 0.1) is 20.4 Å². The third-order valence-electron chi connectivity index (χ3n) is 2.96. The van der Waals surface area contributed by atoms with Crippen LogP contribution in [0.5, 0.6) is 0 Å². The maximum atomic E-state index is 5.49. The smallest absolute Gasteiger partial charge is 0.196 e. The summed E-state index contributed by atoms with van der Waals surface area (Å²) in [6.07, 6.45) is 0. The maximum Gasteiger partial charge on any atom is 0.196 e. The lowest BCUT2D eigenvalue weighted by atomic mass is 10.3. The Hall–Kier alpha value is -1.56. The maximum absolute atomic E-state index is 5.49. The van der Waals surface area contributed by atoms with Crippen LogP contribution in [-0.2, 0) is 0 Å². The zero-order valence-electron chi connectivity index (χ0n) is 9.74. The fourth-order valence-corrected chi connectivity index (χ4v) is 4.53. The van der Waals surface area contributed by atoms with Crippen LogP contribution >= 0.6 is 34.9 Å². The van der Waals surface area contributed by atoms with Gasteiger partial charge in [-0.15, -0.1) is 11.3 Å². The average molecular weight is 300 g/mol. The molecule has 0 aliphatic heterocycles. The molecule has 5 heteroatoms. The highest BCUT2D eigenvalue weighted by Crippen LogP contribution is 2.31. The monoisotopic (exact) mass is 300 g/mol. The molecular weight excluding hydrogens is 292 g/mol. The number of benzene rings is 2. The highest BCUT2D eigenvalue weighted by Gasteiger charge is 2.10. The van der Waals surface area contributed by atoms with Crippen LogP contribution in [0.15, 0.2) is 48.5 Å². The third kappa shape index (κ3) is 1.74. The van der Waals surface area contributed by atoms with Gasteiger partial charge in [0, 0.05) is 0 Å². The van der Waals surface area contributed by atoms with Crippen molar-refractivity contribution in [3.8, 4) is 5.13 Å². The number of aromatic nitrogens is 2. The number of fused-ring (bicyclic) bond motifs is 2. The standard InChI is InChI=1S/C14H8N2S3/c17-14-16(10-6-2-4-8-12(10)19-14)13-15-9-5-1-3-7-11(9)18-13/h1-8H. The topological polar surface area (TPSA) is 17.8 Å². The summed E-state index contributed by atoms with van der Waals surface area (Å²) in [5, 5.41) is 0.948. The molecule has 92 valence electrons. The molecule has 0 radical (unpaired) electrons. The Balaban J connectivity index is 2.09. The van der Waals surface area contributed by atoms with E-state index in [1.165, 1.54) is 9.40 Å². The second-order valence-corrected chi connectivity index (χ2v) is 6.82. The SMILES string of the molecule is S=c1sc2ccccc2n1-c1nc2ccccc2s1. The molecule has 4 rings (SSSR count). The molecule has 0 saturated heterocycles. The van der Waals surface area contributed by atoms with Gasteiger partial charge in [-0.3, -0.25) is 4.57 Å². The molecule has 2 heterocycles. The van der Waals surface area contributed by atoms with Gasteiger partial charge in [0.1, 0.15) is 0 Å². The zero-order valence-corrected chi connectivity index (χ0v) is 12.2. The average Bonchev–Trinajstić information content (AvgIpc) is 2.97. The lowest BCUT2D eigenvalue weighted by molar-refractivity contribution is 1.10. The van der Waals surface area contributed by atoms with E-state index in [9.17, 15) is 0 Å². The zero-order chi connectivity index (χ0) is 12.8. The van der Waals surface area contributed by atoms with Crippen molar-refractivity contribution >= 4 is 55.3 Å². The molecule has 2 nitrogen and oxygen atoms in total. The summed E-state index contributed by atoms with van der Waals surface area (Å²) in [4.78, 5) is 4.69. The number of rotatable bonds is 1. The normalized spacial score (nSPS) is 11.4. The molecule has 0 amide bonds. The Morgan fingerprint density at radius 3 is 2.47 bits per heavy atom. The van der Waals surface area contributed by atoms with Crippen LogP contribution in [0.25, 0.3) is 25.6 Å². The van der Waals surface area contributed by atoms with E-state index in [-0.39, 0.29) is 0 Å². The van der Waals surface area contributed by atoms with Gasteiger partial charge >= 0.3 is 0 Å². The fourth-order valence-electron chi connectivity index (χ4n) is 2.10. The van der Waals surface area contributed by atoms with E-state index in [4.69, 9.17) is 12.2 Å². The third-order valence-corrected chi connectivity index (χ3v) is 5.34. The number of para-hydroxylation sites is 2. The number of nitrogens with zero attached hydrogens (tertiary/aromatic N) is 2. The van der Waals surface area contributed by atoms with Crippen molar-refractivity contribution in [1.82, 2.24) is 9.55 Å². The lowest BCUT2D eigenvalue weighted by Gasteiger charge is -1.98. The Bertz CT molecular complexity index is 913. The van der Waals surface area contributed by atoms with E-state index in [2.05, 4.69) is 27.8 Å². The molecule has 0 fully saturated rings. The van der Waals surface area contributed by atoms with Crippen LogP contribution in [-0.4, -0.2) is 9.55 Å². The minimum atomic E-state index is 0.847. The fraction of sp³-hybridized carbons (Fsp3) is 0. The van der Waals surface area contributed by atoms with Crippen molar-refractivity contribution in [2.45, 2.75) is 0 Å². The largest absolute Gasteiger partial charge is 0.267 e. The van der Waals surface area contributed by atoms with Gasteiger partial charge in [-0.25, -0.2) is 4.98 Å². The van der Waals surface area contributed by atoms with Gasteiger partial charge in [0.2, 0.25) is 0 Å². The van der Waals surface area contributed by atoms with Crippen molar-refractivity contribution < 1.29 is 0 Å². The number of thiazole rings is 2. The summed E-state index contributed by atoms with van der Waals surface area (Å²) in [5.74, 6) is 0. The van der Waals surface area contributed by atoms with E-state index in [0.717, 1.165) is 20.1 Å². The Morgan fingerprint density at radius 2 is 1.63 bits per heavy atom. The molecule has 0 bridgehead atoms. The molecule has 2 aromatic heterocycles. The highest BCUT2D eigenvalue weighted by atomic mass is 32.1. The van der Waals surface area contributed by atoms with Crippen LogP contribution in [0.2, 0.25) is 0 Å². The van der Waals surface area contributed by atoms with Crippen molar-refractivity contribution in [3.05, 3.63) is 52.5 Å². The second-order valence-electron chi connectivity index (χ2n) is 4.14. The first kappa shape index (κ1) is 11.3. The predicted octanol–water partition coefficient (Wildman–Crippen LogP) is 5.03. The minimum Gasteiger partial charge on any atom is -0.267 e. The number of hydrogen-bond donors (Lipinski definition) is 0. The molecule has 19 heavy (non-hydrogen) atoms. The van der Waals surface area contributed by atoms with Crippen LogP contribution < -0.4 is 0 Å². The Morgan fingerprint density at radius 1 is 0.895 bits per heavy atom. The van der Waals surface area contributed by atoms with Gasteiger partial charge in [-0.2, -0.15) is 0 Å². The van der Waals surface area contributed by atoms with Gasteiger partial charge in [-0.05, 0) is 36.5 Å². The van der Waals surface area contributed by atoms with E-state index in [1.807, 2.05) is 30.3 Å². The van der Waals surface area contributed by atoms with Crippen molar-refractivity contribution in [3.63, 3.8) is 0 Å². The molecule has 0 atom stereocenters. The number of hydrogen-bond acceptors (Lipinski definition) is 4. The van der Waals surface area contributed by atoms with E-state index < -0.39 is 0 Å². The van der Waals surface area contributed by atoms with E-state index in [1.54, 1.807) is 22.7 Å². The van der Waals surface area contributed by atoms with Crippen molar-refractivity contribution in [1.29, 1.82) is 0 Å². The van der Waals surface area contributed by atoms with E-state index in [0.29, 0.717) is 0 Å². The van der Waals surface area contributed by atoms with Crippen LogP contribution in [0, 0.1) is 3.95 Å². The molecule has 0 aliphatic carbocycles. The van der Waals surface area contributed by atoms with E-state index >= 15 is 0 Å². The predicted molar refractivity (Wildman–Crippen MR) is 85.2 cm³/mol. The van der Waals surface area contributed by atoms with Crippen molar-refractivity contribution in [2.24, 2.45) is 0 Å². The molecule has 0 aliphatic rings. The molecule has 2 aromatic carbocycles. The molecule has 0 N–H and O–H groups in total. The minimum absolute atomic E-state index is 0.847. The molecule has 4 aromatic rings. The first-order chi connectivity index (χ1) is 9.33. The molecular formula is C14H8N2S3. The lowest BCUT2D eigenvalue weighted by Crippen LogP contribution is -1.91. The summed E-state index contributed by atoms with van der Waals surface area (Å²) in [6, 6.07) is 16.4.